The van der Waals surface area contributed by atoms with Gasteiger partial charge in [-0.2, -0.15) is 8.42 Å². The van der Waals surface area contributed by atoms with Crippen LogP contribution in [0.15, 0.2) is 86.5 Å². The molecule has 0 radical (unpaired) electrons. The monoisotopic (exact) mass is 612 g/mol. The second kappa shape index (κ2) is 11.4. The summed E-state index contributed by atoms with van der Waals surface area (Å²) in [5, 5.41) is 32.3. The molecule has 0 aromatic heterocycles. The summed E-state index contributed by atoms with van der Waals surface area (Å²) in [7, 11) is -4.42. The number of hydrogen-bond acceptors (Lipinski definition) is 8. The summed E-state index contributed by atoms with van der Waals surface area (Å²) in [6, 6.07) is 12.6. The quantitative estimate of drug-likeness (QED) is 0.191. The van der Waals surface area contributed by atoms with Gasteiger partial charge in [0, 0.05) is 46.8 Å². The molecule has 0 amide bonds. The van der Waals surface area contributed by atoms with Gasteiger partial charge in [-0.25, -0.2) is 0 Å². The minimum absolute atomic E-state index is 0.0851. The van der Waals surface area contributed by atoms with Gasteiger partial charge in [0.1, 0.15) is 5.76 Å². The summed E-state index contributed by atoms with van der Waals surface area (Å²) in [5.41, 5.74) is 3.03. The number of aliphatic carboxylic acids is 1. The Hall–Kier alpha value is -3.25. The number of fused-ring (bicyclic) bond motifs is 2. The van der Waals surface area contributed by atoms with Gasteiger partial charge in [0.15, 0.2) is 0 Å². The van der Waals surface area contributed by atoms with Gasteiger partial charge in [-0.05, 0) is 67.8 Å². The van der Waals surface area contributed by atoms with E-state index in [0.29, 0.717) is 36.9 Å². The van der Waals surface area contributed by atoms with Crippen LogP contribution in [-0.4, -0.2) is 53.5 Å². The van der Waals surface area contributed by atoms with Gasteiger partial charge in [0.05, 0.1) is 27.6 Å². The number of aliphatic hydroxyl groups excluding tert-OH is 2. The molecule has 0 saturated carbocycles. The van der Waals surface area contributed by atoms with Crippen LogP contribution < -0.4 is 9.80 Å². The molecule has 2 aromatic rings. The first kappa shape index (κ1) is 30.2. The maximum atomic E-state index is 11.9. The van der Waals surface area contributed by atoms with Crippen molar-refractivity contribution in [2.24, 2.45) is 5.92 Å². The van der Waals surface area contributed by atoms with E-state index in [-0.39, 0.29) is 17.1 Å². The maximum absolute atomic E-state index is 11.9. The molecule has 3 aliphatic rings. The van der Waals surface area contributed by atoms with Crippen molar-refractivity contribution in [3.8, 4) is 0 Å². The SMILES string of the molecule is CCN1C(=CC2C(O)=C(C=C3N(CCCCCC(=O)O)c4ccc(S(=O)(=O)O)cc4C3(C)C)C2O)Sc2ccccc21. The zero-order valence-electron chi connectivity index (χ0n) is 23.8. The fourth-order valence-electron chi connectivity index (χ4n) is 5.96. The van der Waals surface area contributed by atoms with Crippen molar-refractivity contribution < 1.29 is 33.1 Å². The molecule has 2 heterocycles. The number of allylic oxidation sites excluding steroid dienone is 1. The zero-order valence-corrected chi connectivity index (χ0v) is 25.5. The molecular formula is C31H36N2O7S2. The minimum Gasteiger partial charge on any atom is -0.511 e. The van der Waals surface area contributed by atoms with Gasteiger partial charge in [0.25, 0.3) is 10.1 Å². The predicted molar refractivity (Wildman–Crippen MR) is 163 cm³/mol. The predicted octanol–water partition coefficient (Wildman–Crippen LogP) is 5.84. The Morgan fingerprint density at radius 3 is 2.48 bits per heavy atom. The highest BCUT2D eigenvalue weighted by Gasteiger charge is 2.44. The Bertz CT molecular complexity index is 1610. The van der Waals surface area contributed by atoms with Gasteiger partial charge < -0.3 is 25.1 Å². The molecule has 0 saturated heterocycles. The van der Waals surface area contributed by atoms with Crippen LogP contribution in [0.4, 0.5) is 11.4 Å². The molecule has 2 unspecified atom stereocenters. The zero-order chi connectivity index (χ0) is 30.4. The van der Waals surface area contributed by atoms with Crippen LogP contribution in [0.2, 0.25) is 0 Å². The molecule has 2 aliphatic heterocycles. The van der Waals surface area contributed by atoms with Crippen molar-refractivity contribution in [3.63, 3.8) is 0 Å². The molecule has 4 N–H and O–H groups in total. The second-order valence-electron chi connectivity index (χ2n) is 11.3. The van der Waals surface area contributed by atoms with Crippen LogP contribution >= 0.6 is 11.8 Å². The number of carbonyl (C=O) groups is 1. The van der Waals surface area contributed by atoms with E-state index in [4.69, 9.17) is 5.11 Å². The molecule has 1 aliphatic carbocycles. The third-order valence-electron chi connectivity index (χ3n) is 8.27. The molecule has 0 bridgehead atoms. The highest BCUT2D eigenvalue weighted by atomic mass is 32.2. The Balaban J connectivity index is 1.47. The highest BCUT2D eigenvalue weighted by molar-refractivity contribution is 8.03. The van der Waals surface area contributed by atoms with Crippen LogP contribution in [0.25, 0.3) is 0 Å². The first-order valence-electron chi connectivity index (χ1n) is 14.1. The molecule has 0 fully saturated rings. The summed E-state index contributed by atoms with van der Waals surface area (Å²) < 4.78 is 33.5. The van der Waals surface area contributed by atoms with Gasteiger partial charge in [-0.15, -0.1) is 0 Å². The van der Waals surface area contributed by atoms with E-state index in [1.807, 2.05) is 37.0 Å². The number of benzene rings is 2. The van der Waals surface area contributed by atoms with Crippen LogP contribution in [0.5, 0.6) is 0 Å². The Morgan fingerprint density at radius 2 is 1.81 bits per heavy atom. The normalized spacial score (nSPS) is 23.0. The summed E-state index contributed by atoms with van der Waals surface area (Å²) >= 11 is 1.61. The van der Waals surface area contributed by atoms with Crippen molar-refractivity contribution in [1.82, 2.24) is 0 Å². The van der Waals surface area contributed by atoms with Gasteiger partial charge in [-0.3, -0.25) is 9.35 Å². The average Bonchev–Trinajstić information content (AvgIpc) is 3.40. The molecule has 2 atom stereocenters. The number of para-hydroxylation sites is 1. The maximum Gasteiger partial charge on any atom is 0.303 e. The summed E-state index contributed by atoms with van der Waals surface area (Å²) in [6.07, 6.45) is 4.76. The number of unbranched alkanes of at least 4 members (excludes halogenated alkanes) is 2. The number of carboxylic acids is 1. The molecule has 0 spiro atoms. The van der Waals surface area contributed by atoms with Gasteiger partial charge in [-0.1, -0.05) is 44.2 Å². The Morgan fingerprint density at radius 1 is 1.07 bits per heavy atom. The average molecular weight is 613 g/mol. The van der Waals surface area contributed by atoms with E-state index in [2.05, 4.69) is 24.0 Å². The summed E-state index contributed by atoms with van der Waals surface area (Å²) in [4.78, 5) is 16.0. The lowest BCUT2D eigenvalue weighted by atomic mass is 9.77. The lowest BCUT2D eigenvalue weighted by Gasteiger charge is -2.35. The number of thioether (sulfide) groups is 1. The third kappa shape index (κ3) is 5.46. The number of carboxylic acid groups (broad SMARTS) is 1. The van der Waals surface area contributed by atoms with Gasteiger partial charge >= 0.3 is 5.97 Å². The lowest BCUT2D eigenvalue weighted by molar-refractivity contribution is -0.137. The van der Waals surface area contributed by atoms with Crippen LogP contribution in [0.3, 0.4) is 0 Å². The third-order valence-corrected chi connectivity index (χ3v) is 10.3. The second-order valence-corrected chi connectivity index (χ2v) is 13.8. The minimum atomic E-state index is -4.42. The van der Waals surface area contributed by atoms with E-state index in [1.54, 1.807) is 23.9 Å². The molecule has 11 heteroatoms. The Kier molecular flexibility index (Phi) is 8.23. The van der Waals surface area contributed by atoms with Crippen molar-refractivity contribution in [2.45, 2.75) is 67.8 Å². The smallest absolute Gasteiger partial charge is 0.303 e. The van der Waals surface area contributed by atoms with E-state index in [9.17, 15) is 28.0 Å². The number of nitrogens with zero attached hydrogens (tertiary/aromatic N) is 2. The molecule has 42 heavy (non-hydrogen) atoms. The number of rotatable bonds is 10. The largest absolute Gasteiger partial charge is 0.511 e. The molecule has 9 nitrogen and oxygen atoms in total. The highest BCUT2D eigenvalue weighted by Crippen LogP contribution is 2.51. The molecular weight excluding hydrogens is 576 g/mol. The Labute approximate surface area is 250 Å². The van der Waals surface area contributed by atoms with Crippen LogP contribution in [0, 0.1) is 5.92 Å². The molecule has 224 valence electrons. The van der Waals surface area contributed by atoms with Crippen molar-refractivity contribution in [3.05, 3.63) is 82.2 Å². The molecule has 5 rings (SSSR count). The van der Waals surface area contributed by atoms with Crippen LogP contribution in [-0.2, 0) is 20.3 Å². The number of hydrogen-bond donors (Lipinski definition) is 4. The van der Waals surface area contributed by atoms with E-state index >= 15 is 0 Å². The van der Waals surface area contributed by atoms with Crippen LogP contribution in [0.1, 0.15) is 52.0 Å². The van der Waals surface area contributed by atoms with Crippen molar-refractivity contribution >= 4 is 39.2 Å². The number of anilines is 2. The summed E-state index contributed by atoms with van der Waals surface area (Å²) in [5.74, 6) is -1.32. The fourth-order valence-corrected chi connectivity index (χ4v) is 7.68. The topological polar surface area (TPSA) is 139 Å². The number of aliphatic hydroxyl groups is 2. The van der Waals surface area contributed by atoms with Gasteiger partial charge in [0.2, 0.25) is 0 Å². The lowest BCUT2D eigenvalue weighted by Crippen LogP contribution is -2.36. The first-order valence-corrected chi connectivity index (χ1v) is 16.3. The summed E-state index contributed by atoms with van der Waals surface area (Å²) in [6.45, 7) is 7.21. The van der Waals surface area contributed by atoms with E-state index in [1.165, 1.54) is 12.1 Å². The van der Waals surface area contributed by atoms with E-state index < -0.39 is 33.5 Å². The standard InChI is InChI=1S/C31H36N2O7S2/c1-4-32-24-10-7-8-11-25(24)41-27(32)18-21-29(36)20(30(21)37)17-26-31(2,3)22-16-19(42(38,39)40)13-14-23(22)33(26)15-9-5-6-12-28(34)35/h7-8,10-11,13-14,16-18,21,29,36-37H,4-6,9,12,15H2,1-3H3,(H,34,35)(H,38,39,40). The van der Waals surface area contributed by atoms with Crippen molar-refractivity contribution in [2.75, 3.05) is 22.9 Å². The fraction of sp³-hybridized carbons (Fsp3) is 0.387. The van der Waals surface area contributed by atoms with Crippen molar-refractivity contribution in [1.29, 1.82) is 0 Å². The first-order chi connectivity index (χ1) is 19.8. The molecule has 2 aromatic carbocycles. The van der Waals surface area contributed by atoms with E-state index in [0.717, 1.165) is 33.5 Å².